The SMILES string of the molecule is CCc1nn(Cc2ccc(OC)cc2)cc1Cc1ccccc1Br. The van der Waals surface area contributed by atoms with Gasteiger partial charge in [-0.05, 0) is 41.3 Å². The van der Waals surface area contributed by atoms with Crippen molar-refractivity contribution in [3.05, 3.63) is 81.6 Å². The molecule has 24 heavy (non-hydrogen) atoms. The van der Waals surface area contributed by atoms with Gasteiger partial charge in [0.2, 0.25) is 0 Å². The lowest BCUT2D eigenvalue weighted by Crippen LogP contribution is -2.00. The van der Waals surface area contributed by atoms with Crippen molar-refractivity contribution >= 4 is 15.9 Å². The van der Waals surface area contributed by atoms with E-state index in [2.05, 4.69) is 59.4 Å². The molecule has 3 rings (SSSR count). The van der Waals surface area contributed by atoms with Gasteiger partial charge in [0.25, 0.3) is 0 Å². The molecule has 0 spiro atoms. The summed E-state index contributed by atoms with van der Waals surface area (Å²) in [6, 6.07) is 16.5. The summed E-state index contributed by atoms with van der Waals surface area (Å²) in [5, 5.41) is 4.76. The van der Waals surface area contributed by atoms with Gasteiger partial charge in [0.1, 0.15) is 5.75 Å². The number of halogens is 1. The van der Waals surface area contributed by atoms with Gasteiger partial charge in [-0.3, -0.25) is 4.68 Å². The van der Waals surface area contributed by atoms with Crippen LogP contribution in [0.1, 0.15) is 29.3 Å². The van der Waals surface area contributed by atoms with Crippen LogP contribution in [0.15, 0.2) is 59.2 Å². The maximum absolute atomic E-state index is 5.21. The van der Waals surface area contributed by atoms with Crippen molar-refractivity contribution in [1.29, 1.82) is 0 Å². The van der Waals surface area contributed by atoms with E-state index in [9.17, 15) is 0 Å². The van der Waals surface area contributed by atoms with Crippen LogP contribution in [0.25, 0.3) is 0 Å². The van der Waals surface area contributed by atoms with Crippen LogP contribution in [-0.4, -0.2) is 16.9 Å². The normalized spacial score (nSPS) is 10.8. The summed E-state index contributed by atoms with van der Waals surface area (Å²) in [5.41, 5.74) is 4.96. The lowest BCUT2D eigenvalue weighted by Gasteiger charge is -2.04. The van der Waals surface area contributed by atoms with E-state index in [1.807, 2.05) is 22.9 Å². The van der Waals surface area contributed by atoms with E-state index in [0.29, 0.717) is 0 Å². The molecule has 0 saturated heterocycles. The molecule has 4 heteroatoms. The maximum atomic E-state index is 5.21. The van der Waals surface area contributed by atoms with E-state index in [1.165, 1.54) is 22.4 Å². The molecule has 3 aromatic rings. The molecule has 2 aromatic carbocycles. The van der Waals surface area contributed by atoms with Crippen LogP contribution >= 0.6 is 15.9 Å². The Hall–Kier alpha value is -2.07. The molecular formula is C20H21BrN2O. The molecule has 3 nitrogen and oxygen atoms in total. The second-order valence-corrected chi connectivity index (χ2v) is 6.62. The Morgan fingerprint density at radius 3 is 2.46 bits per heavy atom. The number of hydrogen-bond acceptors (Lipinski definition) is 2. The predicted molar refractivity (Wildman–Crippen MR) is 101 cm³/mol. The van der Waals surface area contributed by atoms with Gasteiger partial charge in [-0.1, -0.05) is 53.2 Å². The number of methoxy groups -OCH3 is 1. The number of ether oxygens (including phenoxy) is 1. The van der Waals surface area contributed by atoms with Gasteiger partial charge in [-0.2, -0.15) is 5.10 Å². The molecule has 0 N–H and O–H groups in total. The number of hydrogen-bond donors (Lipinski definition) is 0. The van der Waals surface area contributed by atoms with Crippen LogP contribution in [0.3, 0.4) is 0 Å². The molecule has 1 heterocycles. The number of aryl methyl sites for hydroxylation is 1. The average molecular weight is 385 g/mol. The summed E-state index contributed by atoms with van der Waals surface area (Å²) in [4.78, 5) is 0. The topological polar surface area (TPSA) is 27.1 Å². The first-order chi connectivity index (χ1) is 11.7. The van der Waals surface area contributed by atoms with E-state index in [1.54, 1.807) is 7.11 Å². The summed E-state index contributed by atoms with van der Waals surface area (Å²) < 4.78 is 8.39. The van der Waals surface area contributed by atoms with Gasteiger partial charge in [0, 0.05) is 17.1 Å². The summed E-state index contributed by atoms with van der Waals surface area (Å²) in [6.07, 6.45) is 4.01. The van der Waals surface area contributed by atoms with Crippen molar-refractivity contribution < 1.29 is 4.74 Å². The van der Waals surface area contributed by atoms with Crippen molar-refractivity contribution in [3.8, 4) is 5.75 Å². The van der Waals surface area contributed by atoms with Crippen LogP contribution in [0.4, 0.5) is 0 Å². The highest BCUT2D eigenvalue weighted by Gasteiger charge is 2.10. The zero-order chi connectivity index (χ0) is 16.9. The maximum Gasteiger partial charge on any atom is 0.118 e. The van der Waals surface area contributed by atoms with E-state index in [4.69, 9.17) is 9.84 Å². The minimum absolute atomic E-state index is 0.771. The standard InChI is InChI=1S/C20H21BrN2O/c1-3-20-17(12-16-6-4-5-7-19(16)21)14-23(22-20)13-15-8-10-18(24-2)11-9-15/h4-11,14H,3,12-13H2,1-2H3. The Kier molecular flexibility index (Phi) is 5.36. The Morgan fingerprint density at radius 1 is 1.04 bits per heavy atom. The molecule has 0 aliphatic rings. The highest BCUT2D eigenvalue weighted by atomic mass is 79.9. The largest absolute Gasteiger partial charge is 0.497 e. The number of nitrogens with zero attached hydrogens (tertiary/aromatic N) is 2. The summed E-state index contributed by atoms with van der Waals surface area (Å²) in [7, 11) is 1.68. The zero-order valence-corrected chi connectivity index (χ0v) is 15.6. The molecular weight excluding hydrogens is 364 g/mol. The minimum Gasteiger partial charge on any atom is -0.497 e. The summed E-state index contributed by atoms with van der Waals surface area (Å²) in [6.45, 7) is 2.93. The zero-order valence-electron chi connectivity index (χ0n) is 14.0. The highest BCUT2D eigenvalue weighted by molar-refractivity contribution is 9.10. The fourth-order valence-electron chi connectivity index (χ4n) is 2.79. The lowest BCUT2D eigenvalue weighted by molar-refractivity contribution is 0.414. The molecule has 0 radical (unpaired) electrons. The van der Waals surface area contributed by atoms with Gasteiger partial charge in [-0.25, -0.2) is 0 Å². The second-order valence-electron chi connectivity index (χ2n) is 5.77. The molecule has 124 valence electrons. The van der Waals surface area contributed by atoms with Gasteiger partial charge in [-0.15, -0.1) is 0 Å². The number of rotatable bonds is 6. The van der Waals surface area contributed by atoms with Gasteiger partial charge < -0.3 is 4.74 Å². The summed E-state index contributed by atoms with van der Waals surface area (Å²) >= 11 is 3.64. The van der Waals surface area contributed by atoms with Crippen molar-refractivity contribution in [2.24, 2.45) is 0 Å². The summed E-state index contributed by atoms with van der Waals surface area (Å²) in [5.74, 6) is 0.878. The van der Waals surface area contributed by atoms with Crippen LogP contribution < -0.4 is 4.74 Å². The van der Waals surface area contributed by atoms with Crippen LogP contribution in [0, 0.1) is 0 Å². The van der Waals surface area contributed by atoms with E-state index in [-0.39, 0.29) is 0 Å². The van der Waals surface area contributed by atoms with Crippen LogP contribution in [0.2, 0.25) is 0 Å². The Balaban J connectivity index is 1.80. The lowest BCUT2D eigenvalue weighted by atomic mass is 10.0. The third-order valence-corrected chi connectivity index (χ3v) is 4.88. The minimum atomic E-state index is 0.771. The van der Waals surface area contributed by atoms with E-state index >= 15 is 0 Å². The smallest absolute Gasteiger partial charge is 0.118 e. The number of aromatic nitrogens is 2. The Labute approximate surface area is 151 Å². The number of benzene rings is 2. The predicted octanol–water partition coefficient (Wildman–Crippen LogP) is 4.86. The van der Waals surface area contributed by atoms with E-state index in [0.717, 1.165) is 29.6 Å². The second kappa shape index (κ2) is 7.67. The Bertz CT molecular complexity index is 809. The van der Waals surface area contributed by atoms with Crippen molar-refractivity contribution in [2.45, 2.75) is 26.3 Å². The molecule has 1 aromatic heterocycles. The molecule has 0 amide bonds. The quantitative estimate of drug-likeness (QED) is 0.606. The van der Waals surface area contributed by atoms with Crippen molar-refractivity contribution in [1.82, 2.24) is 9.78 Å². The van der Waals surface area contributed by atoms with Crippen LogP contribution in [0.5, 0.6) is 5.75 Å². The molecule has 0 unspecified atom stereocenters. The van der Waals surface area contributed by atoms with Crippen LogP contribution in [-0.2, 0) is 19.4 Å². The van der Waals surface area contributed by atoms with Crippen molar-refractivity contribution in [3.63, 3.8) is 0 Å². The molecule has 0 saturated carbocycles. The first-order valence-corrected chi connectivity index (χ1v) is 8.90. The highest BCUT2D eigenvalue weighted by Crippen LogP contribution is 2.22. The third kappa shape index (κ3) is 3.88. The Morgan fingerprint density at radius 2 is 1.79 bits per heavy atom. The first-order valence-electron chi connectivity index (χ1n) is 8.11. The molecule has 0 atom stereocenters. The van der Waals surface area contributed by atoms with Gasteiger partial charge >= 0.3 is 0 Å². The fraction of sp³-hybridized carbons (Fsp3) is 0.250. The van der Waals surface area contributed by atoms with Gasteiger partial charge in [0.05, 0.1) is 19.3 Å². The molecule has 0 aliphatic heterocycles. The van der Waals surface area contributed by atoms with Crippen molar-refractivity contribution in [2.75, 3.05) is 7.11 Å². The van der Waals surface area contributed by atoms with Gasteiger partial charge in [0.15, 0.2) is 0 Å². The molecule has 0 fully saturated rings. The molecule has 0 bridgehead atoms. The first kappa shape index (κ1) is 16.8. The third-order valence-electron chi connectivity index (χ3n) is 4.10. The fourth-order valence-corrected chi connectivity index (χ4v) is 3.22. The van der Waals surface area contributed by atoms with E-state index < -0.39 is 0 Å². The molecule has 0 aliphatic carbocycles. The average Bonchev–Trinajstić information content (AvgIpc) is 2.99. The monoisotopic (exact) mass is 384 g/mol.